The van der Waals surface area contributed by atoms with Crippen LogP contribution in [0.3, 0.4) is 0 Å². The summed E-state index contributed by atoms with van der Waals surface area (Å²) in [5, 5.41) is 11.7. The molecular weight excluding hydrogens is 278 g/mol. The number of amides is 1. The standard InChI is InChI=1S/C16H17N5O/c17-7-13-1-3-14(4-2-13)9-21-12-18-8-15(21)10-20-6-5-19-16(22)11-20/h1-4,8,12H,5-6,9-11H2,(H,19,22). The average molecular weight is 295 g/mol. The molecule has 0 unspecified atom stereocenters. The van der Waals surface area contributed by atoms with E-state index in [4.69, 9.17) is 5.26 Å². The molecule has 1 aromatic carbocycles. The highest BCUT2D eigenvalue weighted by Crippen LogP contribution is 2.10. The van der Waals surface area contributed by atoms with Gasteiger partial charge < -0.3 is 9.88 Å². The largest absolute Gasteiger partial charge is 0.354 e. The minimum absolute atomic E-state index is 0.0735. The van der Waals surface area contributed by atoms with E-state index in [1.807, 2.05) is 30.5 Å². The van der Waals surface area contributed by atoms with Gasteiger partial charge in [0.15, 0.2) is 0 Å². The van der Waals surface area contributed by atoms with E-state index >= 15 is 0 Å². The van der Waals surface area contributed by atoms with Crippen LogP contribution in [0.5, 0.6) is 0 Å². The monoisotopic (exact) mass is 295 g/mol. The van der Waals surface area contributed by atoms with E-state index in [0.29, 0.717) is 31.7 Å². The van der Waals surface area contributed by atoms with Crippen LogP contribution in [0.1, 0.15) is 16.8 Å². The van der Waals surface area contributed by atoms with Gasteiger partial charge in [0.1, 0.15) is 0 Å². The molecule has 112 valence electrons. The lowest BCUT2D eigenvalue weighted by molar-refractivity contribution is -0.124. The van der Waals surface area contributed by atoms with Crippen molar-refractivity contribution in [3.05, 3.63) is 53.6 Å². The first kappa shape index (κ1) is 14.3. The number of aromatic nitrogens is 2. The Balaban J connectivity index is 1.68. The van der Waals surface area contributed by atoms with E-state index < -0.39 is 0 Å². The van der Waals surface area contributed by atoms with Gasteiger partial charge in [0, 0.05) is 32.4 Å². The highest BCUT2D eigenvalue weighted by Gasteiger charge is 2.17. The first-order valence-corrected chi connectivity index (χ1v) is 7.22. The third kappa shape index (κ3) is 3.32. The van der Waals surface area contributed by atoms with Crippen molar-refractivity contribution >= 4 is 5.91 Å². The SMILES string of the molecule is N#Cc1ccc(Cn2cncc2CN2CCNC(=O)C2)cc1. The lowest BCUT2D eigenvalue weighted by atomic mass is 10.1. The Morgan fingerprint density at radius 2 is 2.09 bits per heavy atom. The van der Waals surface area contributed by atoms with Gasteiger partial charge in [-0.05, 0) is 17.7 Å². The number of benzene rings is 1. The number of carbonyl (C=O) groups excluding carboxylic acids is 1. The Hall–Kier alpha value is -2.65. The second-order valence-electron chi connectivity index (χ2n) is 5.38. The van der Waals surface area contributed by atoms with Gasteiger partial charge in [-0.15, -0.1) is 0 Å². The molecule has 0 atom stereocenters. The minimum atomic E-state index is 0.0735. The van der Waals surface area contributed by atoms with Gasteiger partial charge in [-0.3, -0.25) is 9.69 Å². The summed E-state index contributed by atoms with van der Waals surface area (Å²) in [5.74, 6) is 0.0735. The molecule has 0 bridgehead atoms. The number of hydrogen-bond donors (Lipinski definition) is 1. The summed E-state index contributed by atoms with van der Waals surface area (Å²) in [6.07, 6.45) is 3.65. The number of nitriles is 1. The molecule has 0 radical (unpaired) electrons. The Kier molecular flexibility index (Phi) is 4.17. The number of rotatable bonds is 4. The van der Waals surface area contributed by atoms with Gasteiger partial charge in [-0.1, -0.05) is 12.1 Å². The Morgan fingerprint density at radius 1 is 1.27 bits per heavy atom. The van der Waals surface area contributed by atoms with Gasteiger partial charge in [0.2, 0.25) is 5.91 Å². The van der Waals surface area contributed by atoms with E-state index in [9.17, 15) is 4.79 Å². The van der Waals surface area contributed by atoms with Crippen molar-refractivity contribution < 1.29 is 4.79 Å². The number of hydrogen-bond acceptors (Lipinski definition) is 4. The topological polar surface area (TPSA) is 74.0 Å². The van der Waals surface area contributed by atoms with E-state index in [-0.39, 0.29) is 5.91 Å². The average Bonchev–Trinajstić information content (AvgIpc) is 2.95. The second-order valence-corrected chi connectivity index (χ2v) is 5.38. The van der Waals surface area contributed by atoms with Crippen LogP contribution < -0.4 is 5.32 Å². The number of imidazole rings is 1. The predicted octanol–water partition coefficient (Wildman–Crippen LogP) is 0.735. The van der Waals surface area contributed by atoms with Gasteiger partial charge in [-0.25, -0.2) is 4.98 Å². The number of piperazine rings is 1. The summed E-state index contributed by atoms with van der Waals surface area (Å²) in [6.45, 7) is 3.41. The van der Waals surface area contributed by atoms with Crippen LogP contribution in [0, 0.1) is 11.3 Å². The second kappa shape index (κ2) is 6.41. The van der Waals surface area contributed by atoms with Gasteiger partial charge >= 0.3 is 0 Å². The van der Waals surface area contributed by atoms with Crippen LogP contribution in [0.2, 0.25) is 0 Å². The Labute approximate surface area is 129 Å². The predicted molar refractivity (Wildman–Crippen MR) is 80.8 cm³/mol. The van der Waals surface area contributed by atoms with Crippen molar-refractivity contribution in [3.8, 4) is 6.07 Å². The van der Waals surface area contributed by atoms with E-state index in [1.165, 1.54) is 0 Å². The van der Waals surface area contributed by atoms with Crippen LogP contribution in [0.15, 0.2) is 36.8 Å². The molecule has 1 amide bonds. The van der Waals surface area contributed by atoms with Gasteiger partial charge in [-0.2, -0.15) is 5.26 Å². The molecule has 1 aliphatic heterocycles. The van der Waals surface area contributed by atoms with Crippen LogP contribution >= 0.6 is 0 Å². The fourth-order valence-electron chi connectivity index (χ4n) is 2.56. The van der Waals surface area contributed by atoms with E-state index in [2.05, 4.69) is 25.8 Å². The Bertz CT molecular complexity index is 698. The molecule has 1 aliphatic rings. The summed E-state index contributed by atoms with van der Waals surface area (Å²) < 4.78 is 2.08. The normalized spacial score (nSPS) is 15.3. The maximum Gasteiger partial charge on any atom is 0.234 e. The minimum Gasteiger partial charge on any atom is -0.354 e. The fourth-order valence-corrected chi connectivity index (χ4v) is 2.56. The first-order chi connectivity index (χ1) is 10.7. The third-order valence-corrected chi connectivity index (χ3v) is 3.74. The molecule has 0 spiro atoms. The van der Waals surface area contributed by atoms with Crippen LogP contribution in [-0.2, 0) is 17.9 Å². The summed E-state index contributed by atoms with van der Waals surface area (Å²) in [4.78, 5) is 17.8. The lowest BCUT2D eigenvalue weighted by Crippen LogP contribution is -2.47. The van der Waals surface area contributed by atoms with Crippen molar-refractivity contribution in [1.29, 1.82) is 5.26 Å². The molecule has 1 saturated heterocycles. The molecular formula is C16H17N5O. The van der Waals surface area contributed by atoms with E-state index in [0.717, 1.165) is 17.8 Å². The van der Waals surface area contributed by atoms with Crippen molar-refractivity contribution in [3.63, 3.8) is 0 Å². The molecule has 1 aromatic heterocycles. The van der Waals surface area contributed by atoms with Crippen molar-refractivity contribution in [2.75, 3.05) is 19.6 Å². The van der Waals surface area contributed by atoms with Crippen LogP contribution in [0.25, 0.3) is 0 Å². The third-order valence-electron chi connectivity index (χ3n) is 3.74. The fraction of sp³-hybridized carbons (Fsp3) is 0.312. The van der Waals surface area contributed by atoms with Gasteiger partial charge in [0.25, 0.3) is 0 Å². The molecule has 1 N–H and O–H groups in total. The van der Waals surface area contributed by atoms with E-state index in [1.54, 1.807) is 6.33 Å². The van der Waals surface area contributed by atoms with Crippen molar-refractivity contribution in [2.45, 2.75) is 13.1 Å². The van der Waals surface area contributed by atoms with Crippen LogP contribution in [0.4, 0.5) is 0 Å². The smallest absolute Gasteiger partial charge is 0.234 e. The summed E-state index contributed by atoms with van der Waals surface area (Å²) in [5.41, 5.74) is 2.86. The molecule has 2 heterocycles. The first-order valence-electron chi connectivity index (χ1n) is 7.22. The summed E-state index contributed by atoms with van der Waals surface area (Å²) in [7, 11) is 0. The number of carbonyl (C=O) groups is 1. The zero-order valence-corrected chi connectivity index (χ0v) is 12.2. The molecule has 6 heteroatoms. The highest BCUT2D eigenvalue weighted by atomic mass is 16.2. The number of nitrogens with one attached hydrogen (secondary N) is 1. The maximum atomic E-state index is 11.4. The molecule has 22 heavy (non-hydrogen) atoms. The molecule has 0 saturated carbocycles. The zero-order valence-electron chi connectivity index (χ0n) is 12.2. The molecule has 0 aliphatic carbocycles. The molecule has 1 fully saturated rings. The van der Waals surface area contributed by atoms with Crippen LogP contribution in [-0.4, -0.2) is 40.0 Å². The molecule has 2 aromatic rings. The number of nitrogens with zero attached hydrogens (tertiary/aromatic N) is 4. The lowest BCUT2D eigenvalue weighted by Gasteiger charge is -2.26. The zero-order chi connectivity index (χ0) is 15.4. The van der Waals surface area contributed by atoms with Gasteiger partial charge in [0.05, 0.1) is 30.2 Å². The summed E-state index contributed by atoms with van der Waals surface area (Å²) >= 11 is 0. The Morgan fingerprint density at radius 3 is 2.82 bits per heavy atom. The molecule has 3 rings (SSSR count). The van der Waals surface area contributed by atoms with Crippen molar-refractivity contribution in [1.82, 2.24) is 19.8 Å². The van der Waals surface area contributed by atoms with Crippen molar-refractivity contribution in [2.24, 2.45) is 0 Å². The maximum absolute atomic E-state index is 11.4. The quantitative estimate of drug-likeness (QED) is 0.902. The summed E-state index contributed by atoms with van der Waals surface area (Å²) in [6, 6.07) is 9.67. The molecule has 6 nitrogen and oxygen atoms in total. The highest BCUT2D eigenvalue weighted by molar-refractivity contribution is 5.78.